The number of pyridine rings is 1. The van der Waals surface area contributed by atoms with Crippen molar-refractivity contribution in [3.05, 3.63) is 93.9 Å². The number of benzene rings is 2. The molecular formula is C32H33F3N6O. The second-order valence-corrected chi connectivity index (χ2v) is 11.0. The summed E-state index contributed by atoms with van der Waals surface area (Å²) in [6.07, 6.45) is -2.66. The van der Waals surface area contributed by atoms with Crippen molar-refractivity contribution in [1.82, 2.24) is 24.4 Å². The van der Waals surface area contributed by atoms with Crippen LogP contribution in [0.25, 0.3) is 5.65 Å². The average Bonchev–Trinajstić information content (AvgIpc) is 3.36. The van der Waals surface area contributed by atoms with Gasteiger partial charge in [-0.2, -0.15) is 13.2 Å². The fourth-order valence-corrected chi connectivity index (χ4v) is 4.88. The molecule has 1 fully saturated rings. The molecule has 1 amide bonds. The zero-order valence-electron chi connectivity index (χ0n) is 24.1. The van der Waals surface area contributed by atoms with E-state index in [-0.39, 0.29) is 23.4 Å². The Kier molecular flexibility index (Phi) is 8.34. The van der Waals surface area contributed by atoms with Gasteiger partial charge in [-0.15, -0.1) is 10.2 Å². The van der Waals surface area contributed by atoms with E-state index in [4.69, 9.17) is 0 Å². The third kappa shape index (κ3) is 6.64. The molecule has 1 aliphatic heterocycles. The Labute approximate surface area is 243 Å². The largest absolute Gasteiger partial charge is 0.416 e. The van der Waals surface area contributed by atoms with Crippen LogP contribution in [0, 0.1) is 18.8 Å². The maximum atomic E-state index is 14.0. The highest BCUT2D eigenvalue weighted by atomic mass is 19.4. The Morgan fingerprint density at radius 1 is 1.00 bits per heavy atom. The number of aromatic nitrogens is 3. The van der Waals surface area contributed by atoms with Gasteiger partial charge in [-0.3, -0.25) is 14.1 Å². The van der Waals surface area contributed by atoms with Crippen molar-refractivity contribution in [3.8, 4) is 11.8 Å². The first kappa shape index (κ1) is 29.3. The molecule has 2 aromatic carbocycles. The SMILES string of the molecule is Cc1ccc(C(=O)Nc2ccc(CN3CCN(C)CC3)c(C(F)(F)F)c2)cc1C#Cc1nnc2cc(C(C)C)ccn12. The molecule has 0 atom stereocenters. The number of rotatable bonds is 5. The first-order valence-electron chi connectivity index (χ1n) is 13.9. The molecule has 2 aromatic heterocycles. The molecule has 10 heteroatoms. The van der Waals surface area contributed by atoms with Crippen molar-refractivity contribution < 1.29 is 18.0 Å². The molecule has 0 radical (unpaired) electrons. The van der Waals surface area contributed by atoms with Crippen LogP contribution in [0.3, 0.4) is 0 Å². The monoisotopic (exact) mass is 574 g/mol. The summed E-state index contributed by atoms with van der Waals surface area (Å²) >= 11 is 0. The maximum absolute atomic E-state index is 14.0. The van der Waals surface area contributed by atoms with E-state index in [0.717, 1.165) is 30.3 Å². The van der Waals surface area contributed by atoms with Crippen LogP contribution < -0.4 is 5.32 Å². The number of fused-ring (bicyclic) bond motifs is 1. The van der Waals surface area contributed by atoms with Crippen LogP contribution in [0.1, 0.15) is 63.8 Å². The summed E-state index contributed by atoms with van der Waals surface area (Å²) in [7, 11) is 2.00. The van der Waals surface area contributed by atoms with Gasteiger partial charge in [0.05, 0.1) is 5.56 Å². The summed E-state index contributed by atoms with van der Waals surface area (Å²) in [6.45, 7) is 9.33. The number of hydrogen-bond donors (Lipinski definition) is 1. The van der Waals surface area contributed by atoms with Crippen LogP contribution in [-0.2, 0) is 12.7 Å². The van der Waals surface area contributed by atoms with Gasteiger partial charge in [-0.25, -0.2) is 0 Å². The van der Waals surface area contributed by atoms with Gasteiger partial charge in [0, 0.05) is 55.7 Å². The van der Waals surface area contributed by atoms with E-state index in [1.807, 2.05) is 37.2 Å². The van der Waals surface area contributed by atoms with E-state index < -0.39 is 17.6 Å². The predicted octanol–water partition coefficient (Wildman–Crippen LogP) is 5.58. The molecule has 7 nitrogen and oxygen atoms in total. The minimum atomic E-state index is -4.54. The third-order valence-corrected chi connectivity index (χ3v) is 7.57. The number of nitrogens with one attached hydrogen (secondary N) is 1. The first-order chi connectivity index (χ1) is 20.0. The molecule has 0 bridgehead atoms. The van der Waals surface area contributed by atoms with E-state index in [0.29, 0.717) is 36.0 Å². The molecule has 1 saturated heterocycles. The number of nitrogens with zero attached hydrogens (tertiary/aromatic N) is 5. The summed E-state index contributed by atoms with van der Waals surface area (Å²) < 4.78 is 43.8. The standard InChI is InChI=1S/C32H33F3N6O/c1-21(2)23-11-12-41-29(37-38-30(41)18-23)10-8-24-17-25(6-5-22(24)3)31(42)36-27-9-7-26(28(19-27)32(33,34)35)20-40-15-13-39(4)14-16-40/h5-7,9,11-12,17-19,21H,13-16,20H2,1-4H3,(H,36,42). The number of piperazine rings is 1. The Morgan fingerprint density at radius 3 is 2.48 bits per heavy atom. The van der Waals surface area contributed by atoms with Crippen molar-refractivity contribution in [2.75, 3.05) is 38.5 Å². The van der Waals surface area contributed by atoms with Crippen LogP contribution in [0.2, 0.25) is 0 Å². The average molecular weight is 575 g/mol. The number of hydrogen-bond acceptors (Lipinski definition) is 5. The van der Waals surface area contributed by atoms with Gasteiger partial charge in [0.2, 0.25) is 5.82 Å². The van der Waals surface area contributed by atoms with Crippen molar-refractivity contribution in [1.29, 1.82) is 0 Å². The van der Waals surface area contributed by atoms with Gasteiger partial charge < -0.3 is 10.2 Å². The minimum Gasteiger partial charge on any atom is -0.322 e. The fourth-order valence-electron chi connectivity index (χ4n) is 4.88. The molecular weight excluding hydrogens is 541 g/mol. The maximum Gasteiger partial charge on any atom is 0.416 e. The Balaban J connectivity index is 1.34. The lowest BCUT2D eigenvalue weighted by molar-refractivity contribution is -0.138. The summed E-state index contributed by atoms with van der Waals surface area (Å²) in [5.74, 6) is 6.41. The molecule has 0 saturated carbocycles. The van der Waals surface area contributed by atoms with E-state index in [1.54, 1.807) is 22.6 Å². The topological polar surface area (TPSA) is 65.8 Å². The van der Waals surface area contributed by atoms with Crippen LogP contribution in [0.4, 0.5) is 18.9 Å². The predicted molar refractivity (Wildman–Crippen MR) is 156 cm³/mol. The van der Waals surface area contributed by atoms with Gasteiger partial charge in [0.1, 0.15) is 0 Å². The number of amides is 1. The van der Waals surface area contributed by atoms with E-state index in [9.17, 15) is 18.0 Å². The minimum absolute atomic E-state index is 0.0818. The lowest BCUT2D eigenvalue weighted by Gasteiger charge is -2.33. The third-order valence-electron chi connectivity index (χ3n) is 7.57. The molecule has 3 heterocycles. The Morgan fingerprint density at radius 2 is 1.76 bits per heavy atom. The molecule has 42 heavy (non-hydrogen) atoms. The summed E-state index contributed by atoms with van der Waals surface area (Å²) in [4.78, 5) is 17.3. The highest BCUT2D eigenvalue weighted by molar-refractivity contribution is 6.04. The second kappa shape index (κ2) is 12.0. The molecule has 5 rings (SSSR count). The van der Waals surface area contributed by atoms with Crippen molar-refractivity contribution in [3.63, 3.8) is 0 Å². The summed E-state index contributed by atoms with van der Waals surface area (Å²) in [5, 5.41) is 11.0. The fraction of sp³-hybridized carbons (Fsp3) is 0.344. The van der Waals surface area contributed by atoms with Crippen molar-refractivity contribution in [2.45, 2.75) is 39.4 Å². The number of carbonyl (C=O) groups excluding carboxylic acids is 1. The number of alkyl halides is 3. The second-order valence-electron chi connectivity index (χ2n) is 11.0. The summed E-state index contributed by atoms with van der Waals surface area (Å²) in [5.41, 5.74) is 3.12. The van der Waals surface area contributed by atoms with Gasteiger partial charge in [0.25, 0.3) is 5.91 Å². The zero-order chi connectivity index (χ0) is 30.0. The molecule has 0 spiro atoms. The highest BCUT2D eigenvalue weighted by Gasteiger charge is 2.34. The zero-order valence-corrected chi connectivity index (χ0v) is 24.1. The van der Waals surface area contributed by atoms with Crippen LogP contribution in [-0.4, -0.2) is 63.5 Å². The number of carbonyl (C=O) groups is 1. The molecule has 0 aliphatic carbocycles. The first-order valence-corrected chi connectivity index (χ1v) is 13.9. The summed E-state index contributed by atoms with van der Waals surface area (Å²) in [6, 6.07) is 13.0. The molecule has 0 unspecified atom stereocenters. The van der Waals surface area contributed by atoms with Crippen molar-refractivity contribution in [2.24, 2.45) is 0 Å². The van der Waals surface area contributed by atoms with Gasteiger partial charge >= 0.3 is 6.18 Å². The van der Waals surface area contributed by atoms with Crippen LogP contribution >= 0.6 is 0 Å². The normalized spacial score (nSPS) is 14.7. The Hall–Kier alpha value is -4.20. The van der Waals surface area contributed by atoms with Crippen LogP contribution in [0.5, 0.6) is 0 Å². The smallest absolute Gasteiger partial charge is 0.322 e. The number of halogens is 3. The molecule has 1 aliphatic rings. The number of anilines is 1. The van der Waals surface area contributed by atoms with Gasteiger partial charge in [0.15, 0.2) is 5.65 Å². The molecule has 218 valence electrons. The van der Waals surface area contributed by atoms with E-state index >= 15 is 0 Å². The van der Waals surface area contributed by atoms with E-state index in [2.05, 4.69) is 46.1 Å². The lowest BCUT2D eigenvalue weighted by atomic mass is 10.0. The van der Waals surface area contributed by atoms with E-state index in [1.165, 1.54) is 12.1 Å². The number of aryl methyl sites for hydroxylation is 1. The highest BCUT2D eigenvalue weighted by Crippen LogP contribution is 2.35. The number of likely N-dealkylation sites (N-methyl/N-ethyl adjacent to an activating group) is 1. The van der Waals surface area contributed by atoms with Gasteiger partial charge in [-0.05, 0) is 78.9 Å². The lowest BCUT2D eigenvalue weighted by Crippen LogP contribution is -2.44. The molecule has 1 N–H and O–H groups in total. The Bertz CT molecular complexity index is 1670. The van der Waals surface area contributed by atoms with Gasteiger partial charge in [-0.1, -0.05) is 31.9 Å². The van der Waals surface area contributed by atoms with Crippen molar-refractivity contribution >= 4 is 17.2 Å². The quantitative estimate of drug-likeness (QED) is 0.316. The molecule has 4 aromatic rings. The van der Waals surface area contributed by atoms with Crippen LogP contribution in [0.15, 0.2) is 54.7 Å².